The Morgan fingerprint density at radius 3 is 2.50 bits per heavy atom. The van der Waals surface area contributed by atoms with Crippen molar-refractivity contribution in [2.75, 3.05) is 0 Å². The van der Waals surface area contributed by atoms with Crippen LogP contribution in [0.5, 0.6) is 11.5 Å². The van der Waals surface area contributed by atoms with Gasteiger partial charge < -0.3 is 10.2 Å². The molecule has 0 fully saturated rings. The Morgan fingerprint density at radius 1 is 1.33 bits per heavy atom. The number of aromatic hydroxyl groups is 2. The molecule has 0 atom stereocenters. The van der Waals surface area contributed by atoms with E-state index in [4.69, 9.17) is 0 Å². The molecule has 1 aromatic carbocycles. The van der Waals surface area contributed by atoms with E-state index in [-0.39, 0.29) is 11.5 Å². The maximum Gasteiger partial charge on any atom is 0.123 e. The highest BCUT2D eigenvalue weighted by molar-refractivity contribution is 5.54. The second-order valence-corrected chi connectivity index (χ2v) is 4.74. The lowest BCUT2D eigenvalue weighted by Crippen LogP contribution is -1.99. The van der Waals surface area contributed by atoms with Crippen LogP contribution in [-0.2, 0) is 19.3 Å². The van der Waals surface area contributed by atoms with E-state index in [2.05, 4.69) is 20.1 Å². The Morgan fingerprint density at radius 2 is 2.00 bits per heavy atom. The van der Waals surface area contributed by atoms with Crippen LogP contribution in [0.3, 0.4) is 0 Å². The van der Waals surface area contributed by atoms with Gasteiger partial charge in [-0.2, -0.15) is 0 Å². The summed E-state index contributed by atoms with van der Waals surface area (Å²) in [6.45, 7) is 11.5. The van der Waals surface area contributed by atoms with Crippen LogP contribution in [0.15, 0.2) is 30.9 Å². The molecule has 0 amide bonds. The van der Waals surface area contributed by atoms with Gasteiger partial charge in [0.2, 0.25) is 0 Å². The van der Waals surface area contributed by atoms with E-state index in [1.807, 2.05) is 6.92 Å². The highest BCUT2D eigenvalue weighted by atomic mass is 16.3. The summed E-state index contributed by atoms with van der Waals surface area (Å²) < 4.78 is 0. The van der Waals surface area contributed by atoms with Crippen LogP contribution in [0.4, 0.5) is 0 Å². The van der Waals surface area contributed by atoms with Crippen molar-refractivity contribution in [2.45, 2.75) is 39.5 Å². The predicted molar refractivity (Wildman–Crippen MR) is 76.2 cm³/mol. The number of benzene rings is 1. The SMILES string of the molecule is C=CCc1cc(O)c(CCC)c(CC(=C)C)c1O. The van der Waals surface area contributed by atoms with Gasteiger partial charge in [0.25, 0.3) is 0 Å². The summed E-state index contributed by atoms with van der Waals surface area (Å²) in [5, 5.41) is 20.4. The zero-order chi connectivity index (χ0) is 13.7. The first-order valence-electron chi connectivity index (χ1n) is 6.32. The van der Waals surface area contributed by atoms with Gasteiger partial charge in [-0.15, -0.1) is 6.58 Å². The van der Waals surface area contributed by atoms with Crippen molar-refractivity contribution >= 4 is 0 Å². The van der Waals surface area contributed by atoms with Crippen LogP contribution in [0.25, 0.3) is 0 Å². The molecule has 2 N–H and O–H groups in total. The third kappa shape index (κ3) is 3.16. The maximum absolute atomic E-state index is 10.3. The fourth-order valence-electron chi connectivity index (χ4n) is 2.14. The molecule has 2 nitrogen and oxygen atoms in total. The number of rotatable bonds is 6. The van der Waals surface area contributed by atoms with Gasteiger partial charge in [-0.3, -0.25) is 0 Å². The molecule has 0 bridgehead atoms. The number of phenolic OH excluding ortho intramolecular Hbond substituents is 2. The fraction of sp³-hybridized carbons (Fsp3) is 0.375. The van der Waals surface area contributed by atoms with Gasteiger partial charge in [-0.1, -0.05) is 31.6 Å². The minimum absolute atomic E-state index is 0.266. The number of phenols is 2. The summed E-state index contributed by atoms with van der Waals surface area (Å²) in [6, 6.07) is 1.64. The average molecular weight is 246 g/mol. The molecular weight excluding hydrogens is 224 g/mol. The van der Waals surface area contributed by atoms with Crippen molar-refractivity contribution in [3.05, 3.63) is 47.6 Å². The first kappa shape index (κ1) is 14.4. The second kappa shape index (κ2) is 6.29. The lowest BCUT2D eigenvalue weighted by molar-refractivity contribution is 0.444. The molecule has 0 heterocycles. The molecule has 0 spiro atoms. The zero-order valence-corrected chi connectivity index (χ0v) is 11.3. The van der Waals surface area contributed by atoms with Crippen LogP contribution < -0.4 is 0 Å². The normalized spacial score (nSPS) is 10.3. The Kier molecular flexibility index (Phi) is 5.02. The molecule has 18 heavy (non-hydrogen) atoms. The highest BCUT2D eigenvalue weighted by Gasteiger charge is 2.16. The van der Waals surface area contributed by atoms with Crippen molar-refractivity contribution in [3.63, 3.8) is 0 Å². The Labute approximate surface area is 109 Å². The monoisotopic (exact) mass is 246 g/mol. The summed E-state index contributed by atoms with van der Waals surface area (Å²) in [6.07, 6.45) is 4.56. The van der Waals surface area contributed by atoms with E-state index in [0.717, 1.165) is 35.1 Å². The van der Waals surface area contributed by atoms with E-state index in [9.17, 15) is 10.2 Å². The molecule has 0 saturated carbocycles. The molecule has 2 heteroatoms. The zero-order valence-electron chi connectivity index (χ0n) is 11.3. The lowest BCUT2D eigenvalue weighted by atomic mass is 9.92. The van der Waals surface area contributed by atoms with Gasteiger partial charge in [0.05, 0.1) is 0 Å². The van der Waals surface area contributed by atoms with E-state index in [1.54, 1.807) is 12.1 Å². The lowest BCUT2D eigenvalue weighted by Gasteiger charge is -2.16. The van der Waals surface area contributed by atoms with E-state index >= 15 is 0 Å². The maximum atomic E-state index is 10.3. The summed E-state index contributed by atoms with van der Waals surface area (Å²) >= 11 is 0. The Balaban J connectivity index is 3.37. The molecule has 0 aliphatic heterocycles. The summed E-state index contributed by atoms with van der Waals surface area (Å²) in [5.74, 6) is 0.543. The van der Waals surface area contributed by atoms with Crippen molar-refractivity contribution in [2.24, 2.45) is 0 Å². The minimum Gasteiger partial charge on any atom is -0.508 e. The number of hydrogen-bond acceptors (Lipinski definition) is 2. The van der Waals surface area contributed by atoms with Gasteiger partial charge in [0, 0.05) is 16.7 Å². The van der Waals surface area contributed by atoms with E-state index in [1.165, 1.54) is 0 Å². The molecule has 0 unspecified atom stereocenters. The first-order chi connectivity index (χ1) is 8.51. The smallest absolute Gasteiger partial charge is 0.123 e. The number of hydrogen-bond donors (Lipinski definition) is 2. The van der Waals surface area contributed by atoms with Crippen LogP contribution in [0.2, 0.25) is 0 Å². The molecule has 0 radical (unpaired) electrons. The molecule has 0 saturated heterocycles. The molecule has 1 aromatic rings. The van der Waals surface area contributed by atoms with E-state index in [0.29, 0.717) is 12.8 Å². The summed E-state index contributed by atoms with van der Waals surface area (Å²) in [7, 11) is 0. The van der Waals surface area contributed by atoms with Gasteiger partial charge in [0.1, 0.15) is 11.5 Å². The topological polar surface area (TPSA) is 40.5 Å². The quantitative estimate of drug-likeness (QED) is 0.590. The van der Waals surface area contributed by atoms with E-state index < -0.39 is 0 Å². The fourth-order valence-corrected chi connectivity index (χ4v) is 2.14. The minimum atomic E-state index is 0.266. The molecule has 0 aliphatic rings. The highest BCUT2D eigenvalue weighted by Crippen LogP contribution is 2.35. The molecule has 98 valence electrons. The second-order valence-electron chi connectivity index (χ2n) is 4.74. The summed E-state index contributed by atoms with van der Waals surface area (Å²) in [5.41, 5.74) is 3.34. The van der Waals surface area contributed by atoms with Gasteiger partial charge in [-0.05, 0) is 32.3 Å². The van der Waals surface area contributed by atoms with Crippen LogP contribution >= 0.6 is 0 Å². The molecule has 0 aliphatic carbocycles. The largest absolute Gasteiger partial charge is 0.508 e. The number of allylic oxidation sites excluding steroid dienone is 2. The van der Waals surface area contributed by atoms with Gasteiger partial charge in [-0.25, -0.2) is 0 Å². The first-order valence-corrected chi connectivity index (χ1v) is 6.32. The standard InChI is InChI=1S/C16H22O2/c1-5-7-12-10-15(17)13(8-6-2)14(16(12)18)9-11(3)4/h5,10,17-18H,1,3,6-9H2,2,4H3. The van der Waals surface area contributed by atoms with Crippen molar-refractivity contribution in [1.29, 1.82) is 0 Å². The van der Waals surface area contributed by atoms with Crippen molar-refractivity contribution in [1.82, 2.24) is 0 Å². The Bertz CT molecular complexity index is 459. The van der Waals surface area contributed by atoms with Gasteiger partial charge in [0.15, 0.2) is 0 Å². The average Bonchev–Trinajstić information content (AvgIpc) is 2.30. The van der Waals surface area contributed by atoms with Gasteiger partial charge >= 0.3 is 0 Å². The molecule has 0 aromatic heterocycles. The third-order valence-electron chi connectivity index (χ3n) is 2.92. The molecule has 1 rings (SSSR count). The molecular formula is C16H22O2. The Hall–Kier alpha value is -1.70. The van der Waals surface area contributed by atoms with Crippen molar-refractivity contribution in [3.8, 4) is 11.5 Å². The third-order valence-corrected chi connectivity index (χ3v) is 2.92. The van der Waals surface area contributed by atoms with Crippen LogP contribution in [0.1, 0.15) is 37.0 Å². The van der Waals surface area contributed by atoms with Crippen LogP contribution in [-0.4, -0.2) is 10.2 Å². The van der Waals surface area contributed by atoms with Crippen molar-refractivity contribution < 1.29 is 10.2 Å². The predicted octanol–water partition coefficient (Wildman–Crippen LogP) is 3.90. The van der Waals surface area contributed by atoms with Crippen LogP contribution in [0, 0.1) is 0 Å². The summed E-state index contributed by atoms with van der Waals surface area (Å²) in [4.78, 5) is 0.